The van der Waals surface area contributed by atoms with Gasteiger partial charge in [0.05, 0.1) is 5.60 Å². The van der Waals surface area contributed by atoms with E-state index in [1.54, 1.807) is 0 Å². The number of likely N-dealkylation sites (N-methyl/N-ethyl adjacent to an activating group) is 1. The van der Waals surface area contributed by atoms with Crippen LogP contribution in [-0.4, -0.2) is 25.8 Å². The predicted octanol–water partition coefficient (Wildman–Crippen LogP) is 4.00. The summed E-state index contributed by atoms with van der Waals surface area (Å²) in [5.41, 5.74) is 0.493. The molecule has 1 N–H and O–H groups in total. The van der Waals surface area contributed by atoms with Crippen LogP contribution in [0.5, 0.6) is 0 Å². The minimum atomic E-state index is 0.117. The lowest BCUT2D eigenvalue weighted by Crippen LogP contribution is -2.45. The number of rotatable bonds is 6. The van der Waals surface area contributed by atoms with E-state index in [4.69, 9.17) is 4.74 Å². The van der Waals surface area contributed by atoms with Gasteiger partial charge in [-0.1, -0.05) is 34.1 Å². The van der Waals surface area contributed by atoms with Crippen LogP contribution in [0.25, 0.3) is 0 Å². The fraction of sp³-hybridized carbons (Fsp3) is 1.00. The molecule has 0 saturated heterocycles. The molecular weight excluding hydrogens is 222 g/mol. The van der Waals surface area contributed by atoms with Crippen molar-refractivity contribution in [1.82, 2.24) is 5.32 Å². The van der Waals surface area contributed by atoms with Crippen LogP contribution in [0.3, 0.4) is 0 Å². The number of ether oxygens (including phenoxy) is 1. The second-order valence-corrected chi connectivity index (χ2v) is 7.22. The quantitative estimate of drug-likeness (QED) is 0.774. The van der Waals surface area contributed by atoms with Crippen molar-refractivity contribution >= 4 is 0 Å². The molecule has 0 atom stereocenters. The highest BCUT2D eigenvalue weighted by Gasteiger charge is 2.35. The zero-order valence-electron chi connectivity index (χ0n) is 13.1. The normalized spacial score (nSPS) is 29.5. The summed E-state index contributed by atoms with van der Waals surface area (Å²) < 4.78 is 6.32. The second-order valence-electron chi connectivity index (χ2n) is 7.22. The summed E-state index contributed by atoms with van der Waals surface area (Å²) >= 11 is 0. The SMILES string of the molecule is CCC1CCC(CNC)(OCCC(C)(C)C)CC1. The minimum Gasteiger partial charge on any atom is -0.374 e. The predicted molar refractivity (Wildman–Crippen MR) is 78.9 cm³/mol. The molecular formula is C16H33NO. The van der Waals surface area contributed by atoms with Crippen molar-refractivity contribution in [1.29, 1.82) is 0 Å². The summed E-state index contributed by atoms with van der Waals surface area (Å²) in [5, 5.41) is 3.33. The lowest BCUT2D eigenvalue weighted by molar-refractivity contribution is -0.0819. The molecule has 0 radical (unpaired) electrons. The summed E-state index contributed by atoms with van der Waals surface area (Å²) in [7, 11) is 2.04. The van der Waals surface area contributed by atoms with E-state index < -0.39 is 0 Å². The first-order valence-corrected chi connectivity index (χ1v) is 7.69. The Kier molecular flexibility index (Phi) is 6.13. The molecule has 2 heteroatoms. The smallest absolute Gasteiger partial charge is 0.0806 e. The van der Waals surface area contributed by atoms with Crippen LogP contribution in [0.4, 0.5) is 0 Å². The maximum atomic E-state index is 6.32. The van der Waals surface area contributed by atoms with Crippen molar-refractivity contribution in [3.8, 4) is 0 Å². The van der Waals surface area contributed by atoms with E-state index in [9.17, 15) is 0 Å². The molecule has 1 saturated carbocycles. The molecule has 1 aliphatic carbocycles. The third-order valence-electron chi connectivity index (χ3n) is 4.35. The van der Waals surface area contributed by atoms with Gasteiger partial charge in [-0.15, -0.1) is 0 Å². The highest BCUT2D eigenvalue weighted by atomic mass is 16.5. The maximum absolute atomic E-state index is 6.32. The largest absolute Gasteiger partial charge is 0.374 e. The highest BCUT2D eigenvalue weighted by molar-refractivity contribution is 4.89. The summed E-state index contributed by atoms with van der Waals surface area (Å²) in [4.78, 5) is 0. The Labute approximate surface area is 114 Å². The molecule has 0 unspecified atom stereocenters. The van der Waals surface area contributed by atoms with Crippen molar-refractivity contribution < 1.29 is 4.74 Å². The third kappa shape index (κ3) is 5.27. The Hall–Kier alpha value is -0.0800. The lowest BCUT2D eigenvalue weighted by Gasteiger charge is -2.40. The van der Waals surface area contributed by atoms with Gasteiger partial charge in [0.15, 0.2) is 0 Å². The first-order valence-electron chi connectivity index (χ1n) is 7.69. The van der Waals surface area contributed by atoms with Crippen molar-refractivity contribution in [2.75, 3.05) is 20.2 Å². The van der Waals surface area contributed by atoms with E-state index in [-0.39, 0.29) is 5.60 Å². The molecule has 0 aromatic heterocycles. The van der Waals surface area contributed by atoms with Crippen LogP contribution >= 0.6 is 0 Å². The molecule has 0 spiro atoms. The van der Waals surface area contributed by atoms with Crippen LogP contribution in [0.2, 0.25) is 0 Å². The first kappa shape index (κ1) is 16.0. The van der Waals surface area contributed by atoms with Gasteiger partial charge >= 0.3 is 0 Å². The summed E-state index contributed by atoms with van der Waals surface area (Å²) in [6.07, 6.45) is 7.63. The van der Waals surface area contributed by atoms with Crippen molar-refractivity contribution in [2.45, 2.75) is 71.8 Å². The fourth-order valence-electron chi connectivity index (χ4n) is 2.88. The molecule has 0 amide bonds. The second kappa shape index (κ2) is 6.91. The maximum Gasteiger partial charge on any atom is 0.0806 e. The topological polar surface area (TPSA) is 21.3 Å². The van der Waals surface area contributed by atoms with Crippen LogP contribution in [0.15, 0.2) is 0 Å². The van der Waals surface area contributed by atoms with E-state index in [2.05, 4.69) is 33.0 Å². The Morgan fingerprint density at radius 1 is 1.22 bits per heavy atom. The summed E-state index contributed by atoms with van der Waals surface area (Å²) in [6.45, 7) is 11.1. The molecule has 2 nitrogen and oxygen atoms in total. The Morgan fingerprint density at radius 2 is 1.83 bits per heavy atom. The lowest BCUT2D eigenvalue weighted by atomic mass is 9.77. The van der Waals surface area contributed by atoms with Crippen molar-refractivity contribution in [3.05, 3.63) is 0 Å². The molecule has 1 rings (SSSR count). The van der Waals surface area contributed by atoms with Gasteiger partial charge in [-0.05, 0) is 50.5 Å². The van der Waals surface area contributed by atoms with Gasteiger partial charge in [-0.2, -0.15) is 0 Å². The van der Waals surface area contributed by atoms with Gasteiger partial charge in [0.2, 0.25) is 0 Å². The Morgan fingerprint density at radius 3 is 2.28 bits per heavy atom. The van der Waals surface area contributed by atoms with Gasteiger partial charge < -0.3 is 10.1 Å². The number of nitrogens with one attached hydrogen (secondary N) is 1. The number of hydrogen-bond acceptors (Lipinski definition) is 2. The van der Waals surface area contributed by atoms with Crippen molar-refractivity contribution in [3.63, 3.8) is 0 Å². The summed E-state index contributed by atoms with van der Waals surface area (Å²) in [5.74, 6) is 0.932. The van der Waals surface area contributed by atoms with Crippen molar-refractivity contribution in [2.24, 2.45) is 11.3 Å². The average Bonchev–Trinajstić information content (AvgIpc) is 2.29. The standard InChI is InChI=1S/C16H33NO/c1-6-14-7-9-16(10-8-14,13-17-5)18-12-11-15(2,3)4/h14,17H,6-13H2,1-5H3. The molecule has 1 aliphatic rings. The zero-order chi connectivity index (χ0) is 13.6. The molecule has 18 heavy (non-hydrogen) atoms. The van der Waals surface area contributed by atoms with Crippen LogP contribution in [0.1, 0.15) is 66.2 Å². The van der Waals surface area contributed by atoms with E-state index in [0.29, 0.717) is 5.41 Å². The first-order chi connectivity index (χ1) is 8.41. The van der Waals surface area contributed by atoms with E-state index in [0.717, 1.165) is 25.5 Å². The molecule has 0 aromatic carbocycles. The Balaban J connectivity index is 2.44. The monoisotopic (exact) mass is 255 g/mol. The zero-order valence-corrected chi connectivity index (χ0v) is 13.1. The fourth-order valence-corrected chi connectivity index (χ4v) is 2.88. The summed E-state index contributed by atoms with van der Waals surface area (Å²) in [6, 6.07) is 0. The van der Waals surface area contributed by atoms with E-state index in [1.165, 1.54) is 32.1 Å². The molecule has 0 heterocycles. The van der Waals surface area contributed by atoms with Gasteiger partial charge in [-0.25, -0.2) is 0 Å². The third-order valence-corrected chi connectivity index (χ3v) is 4.35. The van der Waals surface area contributed by atoms with E-state index >= 15 is 0 Å². The highest BCUT2D eigenvalue weighted by Crippen LogP contribution is 2.36. The van der Waals surface area contributed by atoms with Crippen LogP contribution in [0, 0.1) is 11.3 Å². The van der Waals surface area contributed by atoms with Gasteiger partial charge in [-0.3, -0.25) is 0 Å². The van der Waals surface area contributed by atoms with Gasteiger partial charge in [0.1, 0.15) is 0 Å². The van der Waals surface area contributed by atoms with Gasteiger partial charge in [0, 0.05) is 13.2 Å². The average molecular weight is 255 g/mol. The molecule has 1 fully saturated rings. The van der Waals surface area contributed by atoms with Crippen LogP contribution < -0.4 is 5.32 Å². The molecule has 0 aliphatic heterocycles. The molecule has 108 valence electrons. The van der Waals surface area contributed by atoms with Crippen LogP contribution in [-0.2, 0) is 4.74 Å². The van der Waals surface area contributed by atoms with E-state index in [1.807, 2.05) is 7.05 Å². The minimum absolute atomic E-state index is 0.117. The Bertz CT molecular complexity index is 224. The molecule has 0 aromatic rings. The number of hydrogen-bond donors (Lipinski definition) is 1. The molecule has 0 bridgehead atoms. The van der Waals surface area contributed by atoms with Gasteiger partial charge in [0.25, 0.3) is 0 Å².